The molecular formula is C22H22N2O4S. The second-order valence-corrected chi connectivity index (χ2v) is 9.11. The van der Waals surface area contributed by atoms with Crippen LogP contribution in [0.5, 0.6) is 0 Å². The molecule has 3 heterocycles. The van der Waals surface area contributed by atoms with Gasteiger partial charge in [0.2, 0.25) is 5.91 Å². The molecule has 0 fully saturated rings. The maximum Gasteiger partial charge on any atom is 0.340 e. The highest BCUT2D eigenvalue weighted by Crippen LogP contribution is 2.35. The van der Waals surface area contributed by atoms with Gasteiger partial charge in [-0.1, -0.05) is 20.8 Å². The molecule has 0 radical (unpaired) electrons. The SMILES string of the molecule is Cc1csc(NC(=O)Cc2c(C)c3cc4c(C(C)(C)C)coc4cc3oc2=O)n1. The Labute approximate surface area is 171 Å². The molecule has 1 aromatic carbocycles. The fourth-order valence-corrected chi connectivity index (χ4v) is 4.13. The lowest BCUT2D eigenvalue weighted by atomic mass is 9.86. The zero-order valence-corrected chi connectivity index (χ0v) is 17.8. The first kappa shape index (κ1) is 19.4. The summed E-state index contributed by atoms with van der Waals surface area (Å²) in [7, 11) is 0. The second kappa shape index (κ2) is 6.84. The number of carbonyl (C=O) groups excluding carboxylic acids is 1. The molecule has 0 saturated heterocycles. The number of rotatable bonds is 3. The summed E-state index contributed by atoms with van der Waals surface area (Å²) in [5.41, 5.74) is 3.54. The zero-order valence-electron chi connectivity index (χ0n) is 17.0. The van der Waals surface area contributed by atoms with Gasteiger partial charge in [0, 0.05) is 27.8 Å². The molecule has 0 bridgehead atoms. The molecule has 4 aromatic rings. The Balaban J connectivity index is 1.77. The van der Waals surface area contributed by atoms with Crippen LogP contribution in [0.1, 0.15) is 43.2 Å². The summed E-state index contributed by atoms with van der Waals surface area (Å²) in [6, 6.07) is 3.73. The number of thiazole rings is 1. The Hall–Kier alpha value is -2.93. The van der Waals surface area contributed by atoms with Gasteiger partial charge >= 0.3 is 5.63 Å². The zero-order chi connectivity index (χ0) is 20.9. The van der Waals surface area contributed by atoms with E-state index in [2.05, 4.69) is 31.1 Å². The van der Waals surface area contributed by atoms with Crippen molar-refractivity contribution in [3.05, 3.63) is 56.6 Å². The number of amides is 1. The molecule has 0 spiro atoms. The summed E-state index contributed by atoms with van der Waals surface area (Å²) >= 11 is 1.35. The Morgan fingerprint density at radius 3 is 2.59 bits per heavy atom. The number of anilines is 1. The van der Waals surface area contributed by atoms with E-state index < -0.39 is 5.63 Å². The number of furan rings is 1. The first-order valence-electron chi connectivity index (χ1n) is 9.33. The molecule has 7 heteroatoms. The van der Waals surface area contributed by atoms with E-state index in [0.717, 1.165) is 27.6 Å². The van der Waals surface area contributed by atoms with Crippen LogP contribution in [0.25, 0.3) is 21.9 Å². The summed E-state index contributed by atoms with van der Waals surface area (Å²) in [5.74, 6) is -0.297. The molecule has 0 aliphatic carbocycles. The van der Waals surface area contributed by atoms with Crippen molar-refractivity contribution >= 4 is 44.3 Å². The van der Waals surface area contributed by atoms with E-state index in [1.54, 1.807) is 12.3 Å². The lowest BCUT2D eigenvalue weighted by Crippen LogP contribution is -2.20. The van der Waals surface area contributed by atoms with Crippen molar-refractivity contribution in [3.63, 3.8) is 0 Å². The Morgan fingerprint density at radius 1 is 1.17 bits per heavy atom. The molecule has 1 N–H and O–H groups in total. The van der Waals surface area contributed by atoms with Gasteiger partial charge in [-0.05, 0) is 30.9 Å². The maximum atomic E-state index is 12.6. The largest absolute Gasteiger partial charge is 0.464 e. The lowest BCUT2D eigenvalue weighted by Gasteiger charge is -2.16. The van der Waals surface area contributed by atoms with Crippen molar-refractivity contribution in [1.82, 2.24) is 4.98 Å². The third kappa shape index (κ3) is 3.58. The summed E-state index contributed by atoms with van der Waals surface area (Å²) in [5, 5.41) is 6.90. The third-order valence-electron chi connectivity index (χ3n) is 4.99. The summed E-state index contributed by atoms with van der Waals surface area (Å²) < 4.78 is 11.2. The number of benzene rings is 1. The van der Waals surface area contributed by atoms with E-state index in [0.29, 0.717) is 21.9 Å². The van der Waals surface area contributed by atoms with Gasteiger partial charge in [0.15, 0.2) is 5.13 Å². The predicted molar refractivity (Wildman–Crippen MR) is 115 cm³/mol. The molecule has 0 aliphatic rings. The standard InChI is InChI=1S/C22H22N2O4S/c1-11-10-29-21(23-11)24-19(25)7-14-12(2)13-6-15-16(22(3,4)5)9-27-17(15)8-18(13)28-20(14)26/h6,8-10H,7H2,1-5H3,(H,23,24,25). The van der Waals surface area contributed by atoms with Crippen LogP contribution in [0.2, 0.25) is 0 Å². The van der Waals surface area contributed by atoms with E-state index in [9.17, 15) is 9.59 Å². The highest BCUT2D eigenvalue weighted by molar-refractivity contribution is 7.13. The quantitative estimate of drug-likeness (QED) is 0.476. The van der Waals surface area contributed by atoms with E-state index in [4.69, 9.17) is 8.83 Å². The van der Waals surface area contributed by atoms with E-state index in [1.807, 2.05) is 25.3 Å². The van der Waals surface area contributed by atoms with Crippen molar-refractivity contribution in [3.8, 4) is 0 Å². The van der Waals surface area contributed by atoms with Gasteiger partial charge in [-0.2, -0.15) is 0 Å². The van der Waals surface area contributed by atoms with Gasteiger partial charge < -0.3 is 14.2 Å². The highest BCUT2D eigenvalue weighted by atomic mass is 32.1. The summed E-state index contributed by atoms with van der Waals surface area (Å²) in [4.78, 5) is 29.2. The highest BCUT2D eigenvalue weighted by Gasteiger charge is 2.22. The van der Waals surface area contributed by atoms with Crippen LogP contribution in [-0.4, -0.2) is 10.9 Å². The summed E-state index contributed by atoms with van der Waals surface area (Å²) in [6.45, 7) is 10.1. The number of hydrogen-bond donors (Lipinski definition) is 1. The first-order valence-corrected chi connectivity index (χ1v) is 10.2. The van der Waals surface area contributed by atoms with Crippen LogP contribution in [0.4, 0.5) is 5.13 Å². The molecule has 3 aromatic heterocycles. The van der Waals surface area contributed by atoms with Gasteiger partial charge in [-0.15, -0.1) is 11.3 Å². The Morgan fingerprint density at radius 2 is 1.93 bits per heavy atom. The van der Waals surface area contributed by atoms with Crippen LogP contribution in [0.3, 0.4) is 0 Å². The topological polar surface area (TPSA) is 85.3 Å². The molecule has 150 valence electrons. The van der Waals surface area contributed by atoms with Crippen molar-refractivity contribution < 1.29 is 13.6 Å². The number of nitrogens with zero attached hydrogens (tertiary/aromatic N) is 1. The van der Waals surface area contributed by atoms with Gasteiger partial charge in [0.25, 0.3) is 0 Å². The number of carbonyl (C=O) groups is 1. The average molecular weight is 410 g/mol. The Kier molecular flexibility index (Phi) is 4.58. The van der Waals surface area contributed by atoms with Gasteiger partial charge in [0.05, 0.1) is 23.9 Å². The number of nitrogens with one attached hydrogen (secondary N) is 1. The van der Waals surface area contributed by atoms with E-state index in [1.165, 1.54) is 11.3 Å². The Bertz CT molecular complexity index is 1300. The number of fused-ring (bicyclic) bond motifs is 2. The van der Waals surface area contributed by atoms with Crippen LogP contribution in [0.15, 0.2) is 37.4 Å². The molecule has 6 nitrogen and oxygen atoms in total. The van der Waals surface area contributed by atoms with Gasteiger partial charge in [-0.25, -0.2) is 9.78 Å². The first-order chi connectivity index (χ1) is 13.6. The van der Waals surface area contributed by atoms with Crippen LogP contribution in [0, 0.1) is 13.8 Å². The molecular weight excluding hydrogens is 388 g/mol. The fourth-order valence-electron chi connectivity index (χ4n) is 3.43. The molecule has 0 aliphatic heterocycles. The minimum atomic E-state index is -0.512. The summed E-state index contributed by atoms with van der Waals surface area (Å²) in [6.07, 6.45) is 1.68. The molecule has 0 saturated carbocycles. The molecule has 1 amide bonds. The smallest absolute Gasteiger partial charge is 0.340 e. The van der Waals surface area contributed by atoms with Crippen molar-refractivity contribution in [2.75, 3.05) is 5.32 Å². The average Bonchev–Trinajstić information content (AvgIpc) is 3.22. The maximum absolute atomic E-state index is 12.6. The van der Waals surface area contributed by atoms with Crippen LogP contribution in [-0.2, 0) is 16.6 Å². The third-order valence-corrected chi connectivity index (χ3v) is 5.87. The molecule has 0 atom stereocenters. The lowest BCUT2D eigenvalue weighted by molar-refractivity contribution is -0.115. The predicted octanol–water partition coefficient (Wildman–Crippen LogP) is 5.09. The van der Waals surface area contributed by atoms with E-state index >= 15 is 0 Å². The molecule has 4 rings (SSSR count). The van der Waals surface area contributed by atoms with Crippen molar-refractivity contribution in [2.24, 2.45) is 0 Å². The van der Waals surface area contributed by atoms with Crippen molar-refractivity contribution in [2.45, 2.75) is 46.5 Å². The van der Waals surface area contributed by atoms with Gasteiger partial charge in [-0.3, -0.25) is 4.79 Å². The van der Waals surface area contributed by atoms with Crippen molar-refractivity contribution in [1.29, 1.82) is 0 Å². The monoisotopic (exact) mass is 410 g/mol. The molecule has 0 unspecified atom stereocenters. The van der Waals surface area contributed by atoms with E-state index in [-0.39, 0.29) is 17.7 Å². The number of aromatic nitrogens is 1. The minimum Gasteiger partial charge on any atom is -0.464 e. The normalized spacial score (nSPS) is 12.0. The van der Waals surface area contributed by atoms with Crippen LogP contribution < -0.4 is 10.9 Å². The van der Waals surface area contributed by atoms with Crippen LogP contribution >= 0.6 is 11.3 Å². The fraction of sp³-hybridized carbons (Fsp3) is 0.318. The van der Waals surface area contributed by atoms with Gasteiger partial charge in [0.1, 0.15) is 11.2 Å². The minimum absolute atomic E-state index is 0.0711. The number of aryl methyl sites for hydroxylation is 2. The second-order valence-electron chi connectivity index (χ2n) is 8.26. The molecule has 29 heavy (non-hydrogen) atoms. The number of hydrogen-bond acceptors (Lipinski definition) is 6.